The van der Waals surface area contributed by atoms with E-state index < -0.39 is 23.8 Å². The Kier molecular flexibility index (Phi) is 8.68. The molecule has 0 aromatic heterocycles. The van der Waals surface area contributed by atoms with Gasteiger partial charge in [-0.15, -0.1) is 0 Å². The van der Waals surface area contributed by atoms with Gasteiger partial charge in [0.15, 0.2) is 18.1 Å². The molecule has 2 aromatic carbocycles. The minimum absolute atomic E-state index is 0.226. The zero-order valence-electron chi connectivity index (χ0n) is 17.9. The molecule has 0 aliphatic rings. The van der Waals surface area contributed by atoms with E-state index in [2.05, 4.69) is 10.6 Å². The Morgan fingerprint density at radius 3 is 2.35 bits per heavy atom. The molecule has 0 fully saturated rings. The maximum absolute atomic E-state index is 12.4. The number of carbonyl (C=O) groups excluding carboxylic acids is 3. The number of rotatable bonds is 10. The molecule has 0 aliphatic heterocycles. The van der Waals surface area contributed by atoms with Gasteiger partial charge in [-0.1, -0.05) is 12.1 Å². The summed E-state index contributed by atoms with van der Waals surface area (Å²) in [4.78, 5) is 36.3. The van der Waals surface area contributed by atoms with E-state index in [0.29, 0.717) is 11.4 Å². The summed E-state index contributed by atoms with van der Waals surface area (Å²) in [7, 11) is 2.93. The highest BCUT2D eigenvalue weighted by molar-refractivity contribution is 5.97. The van der Waals surface area contributed by atoms with E-state index in [1.54, 1.807) is 31.2 Å². The lowest BCUT2D eigenvalue weighted by molar-refractivity contribution is -0.144. The Balaban J connectivity index is 2.00. The van der Waals surface area contributed by atoms with Crippen LogP contribution in [0.4, 0.5) is 5.69 Å². The second-order valence-electron chi connectivity index (χ2n) is 6.35. The van der Waals surface area contributed by atoms with Crippen LogP contribution in [0.2, 0.25) is 0 Å². The molecular formula is C22H26N2O7. The molecule has 9 nitrogen and oxygen atoms in total. The van der Waals surface area contributed by atoms with Crippen molar-refractivity contribution in [1.29, 1.82) is 0 Å². The number of amides is 2. The first-order chi connectivity index (χ1) is 14.9. The average Bonchev–Trinajstić information content (AvgIpc) is 2.77. The summed E-state index contributed by atoms with van der Waals surface area (Å²) in [6.07, 6.45) is 0. The Morgan fingerprint density at radius 1 is 0.968 bits per heavy atom. The number of carbonyl (C=O) groups is 3. The van der Waals surface area contributed by atoms with Crippen molar-refractivity contribution in [2.45, 2.75) is 19.9 Å². The van der Waals surface area contributed by atoms with Gasteiger partial charge in [0, 0.05) is 5.56 Å². The van der Waals surface area contributed by atoms with Crippen molar-refractivity contribution in [3.8, 4) is 17.2 Å². The summed E-state index contributed by atoms with van der Waals surface area (Å²) in [6, 6.07) is 10.7. The van der Waals surface area contributed by atoms with Crippen molar-refractivity contribution in [2.75, 3.05) is 32.8 Å². The van der Waals surface area contributed by atoms with Gasteiger partial charge in [-0.05, 0) is 44.2 Å². The van der Waals surface area contributed by atoms with Gasteiger partial charge in [0.05, 0.1) is 26.5 Å². The van der Waals surface area contributed by atoms with E-state index in [0.717, 1.165) is 0 Å². The lowest BCUT2D eigenvalue weighted by Gasteiger charge is -2.15. The van der Waals surface area contributed by atoms with Crippen molar-refractivity contribution in [3.05, 3.63) is 48.0 Å². The van der Waals surface area contributed by atoms with Crippen LogP contribution in [-0.2, 0) is 14.3 Å². The number of hydrogen-bond acceptors (Lipinski definition) is 7. The van der Waals surface area contributed by atoms with Crippen LogP contribution >= 0.6 is 0 Å². The SMILES string of the molecule is CCOC(=O)C(C)NC(=O)c1ccc(OCC(=O)Nc2ccccc2OC)c(OC)c1. The highest BCUT2D eigenvalue weighted by Crippen LogP contribution is 2.28. The predicted octanol–water partition coefficient (Wildman–Crippen LogP) is 2.40. The first kappa shape index (κ1) is 23.5. The smallest absolute Gasteiger partial charge is 0.328 e. The van der Waals surface area contributed by atoms with E-state index in [-0.39, 0.29) is 30.3 Å². The van der Waals surface area contributed by atoms with Gasteiger partial charge < -0.3 is 29.6 Å². The molecule has 0 radical (unpaired) electrons. The fourth-order valence-electron chi connectivity index (χ4n) is 2.61. The number of para-hydroxylation sites is 2. The fraction of sp³-hybridized carbons (Fsp3) is 0.318. The van der Waals surface area contributed by atoms with Crippen molar-refractivity contribution in [3.63, 3.8) is 0 Å². The molecule has 2 aromatic rings. The quantitative estimate of drug-likeness (QED) is 0.557. The highest BCUT2D eigenvalue weighted by Gasteiger charge is 2.19. The van der Waals surface area contributed by atoms with E-state index in [1.807, 2.05) is 0 Å². The van der Waals surface area contributed by atoms with Gasteiger partial charge >= 0.3 is 5.97 Å². The Labute approximate surface area is 180 Å². The standard InChI is InChI=1S/C22H26N2O7/c1-5-30-22(27)14(2)23-21(26)15-10-11-18(19(12-15)29-4)31-13-20(25)24-16-8-6-7-9-17(16)28-3/h6-12,14H,5,13H2,1-4H3,(H,23,26)(H,24,25). The zero-order chi connectivity index (χ0) is 22.8. The largest absolute Gasteiger partial charge is 0.495 e. The van der Waals surface area contributed by atoms with Gasteiger partial charge in [0.2, 0.25) is 0 Å². The number of methoxy groups -OCH3 is 2. The number of benzene rings is 2. The normalized spacial score (nSPS) is 11.1. The lowest BCUT2D eigenvalue weighted by atomic mass is 10.1. The van der Waals surface area contributed by atoms with Crippen LogP contribution in [0, 0.1) is 0 Å². The average molecular weight is 430 g/mol. The van der Waals surface area contributed by atoms with Crippen LogP contribution < -0.4 is 24.8 Å². The van der Waals surface area contributed by atoms with Gasteiger partial charge in [0.1, 0.15) is 11.8 Å². The first-order valence-electron chi connectivity index (χ1n) is 9.60. The van der Waals surface area contributed by atoms with E-state index in [9.17, 15) is 14.4 Å². The van der Waals surface area contributed by atoms with E-state index >= 15 is 0 Å². The minimum atomic E-state index is -0.798. The first-order valence-corrected chi connectivity index (χ1v) is 9.60. The monoisotopic (exact) mass is 430 g/mol. The number of anilines is 1. The number of nitrogens with one attached hydrogen (secondary N) is 2. The molecule has 2 rings (SSSR count). The molecule has 0 heterocycles. The molecule has 2 amide bonds. The van der Waals surface area contributed by atoms with Gasteiger partial charge in [-0.3, -0.25) is 9.59 Å². The molecule has 0 saturated heterocycles. The molecular weight excluding hydrogens is 404 g/mol. The fourth-order valence-corrected chi connectivity index (χ4v) is 2.61. The van der Waals surface area contributed by atoms with Crippen LogP contribution in [0.25, 0.3) is 0 Å². The van der Waals surface area contributed by atoms with Crippen LogP contribution in [0.1, 0.15) is 24.2 Å². The number of hydrogen-bond donors (Lipinski definition) is 2. The highest BCUT2D eigenvalue weighted by atomic mass is 16.5. The van der Waals surface area contributed by atoms with Gasteiger partial charge in [-0.25, -0.2) is 4.79 Å². The molecule has 9 heteroatoms. The topological polar surface area (TPSA) is 112 Å². The van der Waals surface area contributed by atoms with Gasteiger partial charge in [-0.2, -0.15) is 0 Å². The molecule has 0 spiro atoms. The van der Waals surface area contributed by atoms with Crippen molar-refractivity contribution < 1.29 is 33.3 Å². The Morgan fingerprint density at radius 2 is 1.68 bits per heavy atom. The summed E-state index contributed by atoms with van der Waals surface area (Å²) in [5.74, 6) is -0.310. The summed E-state index contributed by atoms with van der Waals surface area (Å²) < 4.78 is 20.9. The third-order valence-electron chi connectivity index (χ3n) is 4.15. The number of esters is 1. The van der Waals surface area contributed by atoms with E-state index in [1.165, 1.54) is 39.3 Å². The molecule has 1 atom stereocenters. The minimum Gasteiger partial charge on any atom is -0.495 e. The molecule has 2 N–H and O–H groups in total. The van der Waals surface area contributed by atoms with Crippen LogP contribution in [0.3, 0.4) is 0 Å². The van der Waals surface area contributed by atoms with Crippen LogP contribution in [0.15, 0.2) is 42.5 Å². The zero-order valence-corrected chi connectivity index (χ0v) is 17.9. The third kappa shape index (κ3) is 6.63. The Bertz CT molecular complexity index is 930. The van der Waals surface area contributed by atoms with Crippen molar-refractivity contribution in [2.24, 2.45) is 0 Å². The second-order valence-corrected chi connectivity index (χ2v) is 6.35. The number of ether oxygens (including phenoxy) is 4. The molecule has 166 valence electrons. The molecule has 0 aliphatic carbocycles. The lowest BCUT2D eigenvalue weighted by Crippen LogP contribution is -2.39. The van der Waals surface area contributed by atoms with E-state index in [4.69, 9.17) is 18.9 Å². The van der Waals surface area contributed by atoms with Crippen LogP contribution in [0.5, 0.6) is 17.2 Å². The maximum Gasteiger partial charge on any atom is 0.328 e. The van der Waals surface area contributed by atoms with Crippen LogP contribution in [-0.4, -0.2) is 51.3 Å². The molecule has 0 bridgehead atoms. The van der Waals surface area contributed by atoms with Crippen molar-refractivity contribution >= 4 is 23.5 Å². The molecule has 31 heavy (non-hydrogen) atoms. The molecule has 1 unspecified atom stereocenters. The van der Waals surface area contributed by atoms with Crippen molar-refractivity contribution in [1.82, 2.24) is 5.32 Å². The predicted molar refractivity (Wildman–Crippen MR) is 114 cm³/mol. The summed E-state index contributed by atoms with van der Waals surface area (Å²) in [6.45, 7) is 3.17. The summed E-state index contributed by atoms with van der Waals surface area (Å²) in [5.41, 5.74) is 0.784. The molecule has 0 saturated carbocycles. The Hall–Kier alpha value is -3.75. The second kappa shape index (κ2) is 11.4. The third-order valence-corrected chi connectivity index (χ3v) is 4.15. The maximum atomic E-state index is 12.4. The summed E-state index contributed by atoms with van der Waals surface area (Å²) in [5, 5.41) is 5.26. The summed E-state index contributed by atoms with van der Waals surface area (Å²) >= 11 is 0. The van der Waals surface area contributed by atoms with Gasteiger partial charge in [0.25, 0.3) is 11.8 Å².